The first kappa shape index (κ1) is 25.1. The van der Waals surface area contributed by atoms with Crippen molar-refractivity contribution in [2.45, 2.75) is 70.7 Å². The quantitative estimate of drug-likeness (QED) is 0.356. The summed E-state index contributed by atoms with van der Waals surface area (Å²) in [5, 5.41) is 11.0. The van der Waals surface area contributed by atoms with Gasteiger partial charge in [-0.05, 0) is 52.0 Å². The lowest BCUT2D eigenvalue weighted by molar-refractivity contribution is 0.0509. The molecule has 1 saturated heterocycles. The summed E-state index contributed by atoms with van der Waals surface area (Å²) in [5.74, 6) is 1.27. The van der Waals surface area contributed by atoms with Crippen molar-refractivity contribution in [3.8, 4) is 0 Å². The zero-order valence-electron chi connectivity index (χ0n) is 22.7. The van der Waals surface area contributed by atoms with E-state index in [-0.39, 0.29) is 6.04 Å². The molecule has 6 rings (SSSR count). The van der Waals surface area contributed by atoms with E-state index in [0.29, 0.717) is 30.9 Å². The van der Waals surface area contributed by atoms with Crippen molar-refractivity contribution in [2.24, 2.45) is 0 Å². The highest BCUT2D eigenvalue weighted by Gasteiger charge is 2.30. The molecule has 11 nitrogen and oxygen atoms in total. The number of carbonyl (C=O) groups excluding carboxylic acids is 1. The third-order valence-electron chi connectivity index (χ3n) is 7.15. The molecule has 1 saturated carbocycles. The van der Waals surface area contributed by atoms with Gasteiger partial charge >= 0.3 is 6.09 Å². The summed E-state index contributed by atoms with van der Waals surface area (Å²) in [6, 6.07) is 10.6. The van der Waals surface area contributed by atoms with Crippen molar-refractivity contribution in [3.05, 3.63) is 54.6 Å². The van der Waals surface area contributed by atoms with Crippen LogP contribution in [0.5, 0.6) is 0 Å². The summed E-state index contributed by atoms with van der Waals surface area (Å²) >= 11 is 0. The Morgan fingerprint density at radius 1 is 1.13 bits per heavy atom. The standard InChI is InChI=1S/C28H35N9O2/c1-28(2,3)39-27(38)32-20-12-13-35(16-20)26-33-24(23-25(34-26)37(18-29-23)22-10-7-11-22)31-21-14-30-36(17-21)15-19-8-5-4-6-9-19/h4-6,8-9,14,17-18,20,22H,7,10-13,15-16H2,1-3H3,(H,32,38)(H,31,33,34)/t20-/m0/s1. The van der Waals surface area contributed by atoms with Gasteiger partial charge < -0.3 is 24.8 Å². The van der Waals surface area contributed by atoms with Gasteiger partial charge in [0.05, 0.1) is 30.8 Å². The smallest absolute Gasteiger partial charge is 0.407 e. The Balaban J connectivity index is 1.24. The number of carbonyl (C=O) groups is 1. The second-order valence-corrected chi connectivity index (χ2v) is 11.4. The van der Waals surface area contributed by atoms with E-state index in [1.807, 2.05) is 56.2 Å². The number of amides is 1. The molecule has 0 unspecified atom stereocenters. The third kappa shape index (κ3) is 5.67. The predicted octanol–water partition coefficient (Wildman–Crippen LogP) is 4.64. The summed E-state index contributed by atoms with van der Waals surface area (Å²) in [7, 11) is 0. The minimum Gasteiger partial charge on any atom is -0.444 e. The maximum Gasteiger partial charge on any atom is 0.407 e. The minimum atomic E-state index is -0.536. The second kappa shape index (κ2) is 10.2. The Morgan fingerprint density at radius 2 is 1.95 bits per heavy atom. The minimum absolute atomic E-state index is 0.0386. The molecular weight excluding hydrogens is 494 g/mol. The molecule has 2 fully saturated rings. The van der Waals surface area contributed by atoms with E-state index in [9.17, 15) is 4.79 Å². The second-order valence-electron chi connectivity index (χ2n) is 11.4. The van der Waals surface area contributed by atoms with Gasteiger partial charge in [0.25, 0.3) is 0 Å². The Bertz CT molecular complexity index is 1450. The van der Waals surface area contributed by atoms with Crippen LogP contribution in [0.25, 0.3) is 11.2 Å². The van der Waals surface area contributed by atoms with Crippen LogP contribution in [-0.2, 0) is 11.3 Å². The number of nitrogens with zero attached hydrogens (tertiary/aromatic N) is 7. The summed E-state index contributed by atoms with van der Waals surface area (Å²) in [5.41, 5.74) is 3.05. The number of ether oxygens (including phenoxy) is 1. The molecule has 3 aromatic heterocycles. The van der Waals surface area contributed by atoms with Crippen molar-refractivity contribution in [3.63, 3.8) is 0 Å². The van der Waals surface area contributed by atoms with E-state index in [0.717, 1.165) is 42.7 Å². The number of aromatic nitrogens is 6. The zero-order chi connectivity index (χ0) is 27.0. The van der Waals surface area contributed by atoms with Gasteiger partial charge in [0, 0.05) is 25.3 Å². The van der Waals surface area contributed by atoms with Gasteiger partial charge in [-0.3, -0.25) is 4.68 Å². The van der Waals surface area contributed by atoms with Crippen molar-refractivity contribution >= 4 is 34.7 Å². The molecule has 0 radical (unpaired) electrons. The number of hydrogen-bond acceptors (Lipinski definition) is 8. The SMILES string of the molecule is CC(C)(C)OC(=O)N[C@H]1CCN(c2nc(Nc3cnn(Cc4ccccc4)c3)c3ncn(C4CCC4)c3n2)C1. The lowest BCUT2D eigenvalue weighted by Gasteiger charge is -2.27. The Morgan fingerprint density at radius 3 is 2.69 bits per heavy atom. The largest absolute Gasteiger partial charge is 0.444 e. The highest BCUT2D eigenvalue weighted by Crippen LogP contribution is 2.35. The molecule has 204 valence electrons. The first-order valence-electron chi connectivity index (χ1n) is 13.6. The molecule has 2 aliphatic rings. The van der Waals surface area contributed by atoms with Crippen LogP contribution in [0, 0.1) is 0 Å². The number of fused-ring (bicyclic) bond motifs is 1. The van der Waals surface area contributed by atoms with Gasteiger partial charge in [-0.1, -0.05) is 30.3 Å². The van der Waals surface area contributed by atoms with E-state index in [1.165, 1.54) is 12.0 Å². The van der Waals surface area contributed by atoms with Crippen molar-refractivity contribution in [1.29, 1.82) is 0 Å². The Labute approximate surface area is 227 Å². The van der Waals surface area contributed by atoms with Gasteiger partial charge in [0.2, 0.25) is 5.95 Å². The fourth-order valence-electron chi connectivity index (χ4n) is 5.02. The van der Waals surface area contributed by atoms with E-state index in [2.05, 4.69) is 37.3 Å². The van der Waals surface area contributed by atoms with Crippen molar-refractivity contribution < 1.29 is 9.53 Å². The predicted molar refractivity (Wildman–Crippen MR) is 149 cm³/mol. The summed E-state index contributed by atoms with van der Waals surface area (Å²) in [4.78, 5) is 29.0. The van der Waals surface area contributed by atoms with Gasteiger partial charge in [0.1, 0.15) is 5.60 Å². The summed E-state index contributed by atoms with van der Waals surface area (Å²) in [6.07, 6.45) is 9.53. The number of anilines is 3. The van der Waals surface area contributed by atoms with E-state index < -0.39 is 11.7 Å². The van der Waals surface area contributed by atoms with E-state index in [1.54, 1.807) is 6.20 Å². The summed E-state index contributed by atoms with van der Waals surface area (Å²) < 4.78 is 9.53. The Hall–Kier alpha value is -4.15. The molecule has 1 aliphatic heterocycles. The molecule has 4 heterocycles. The van der Waals surface area contributed by atoms with Crippen LogP contribution in [0.3, 0.4) is 0 Å². The van der Waals surface area contributed by atoms with Gasteiger partial charge in [0.15, 0.2) is 17.0 Å². The molecular formula is C28H35N9O2. The average Bonchev–Trinajstić information content (AvgIpc) is 3.59. The number of hydrogen-bond donors (Lipinski definition) is 2. The molecule has 1 atom stereocenters. The maximum absolute atomic E-state index is 12.3. The van der Waals surface area contributed by atoms with Crippen LogP contribution in [-0.4, -0.2) is 60.1 Å². The molecule has 0 spiro atoms. The maximum atomic E-state index is 12.3. The zero-order valence-corrected chi connectivity index (χ0v) is 22.7. The lowest BCUT2D eigenvalue weighted by atomic mass is 9.93. The molecule has 1 amide bonds. The molecule has 0 bridgehead atoms. The Kier molecular flexibility index (Phi) is 6.58. The van der Waals surface area contributed by atoms with Crippen LogP contribution < -0.4 is 15.5 Å². The molecule has 2 N–H and O–H groups in total. The molecule has 11 heteroatoms. The van der Waals surface area contributed by atoms with Crippen molar-refractivity contribution in [2.75, 3.05) is 23.3 Å². The van der Waals surface area contributed by atoms with Gasteiger partial charge in [-0.25, -0.2) is 9.78 Å². The average molecular weight is 530 g/mol. The normalized spacial score (nSPS) is 17.8. The van der Waals surface area contributed by atoms with Crippen LogP contribution in [0.1, 0.15) is 58.1 Å². The first-order chi connectivity index (χ1) is 18.8. The number of rotatable bonds is 7. The first-order valence-corrected chi connectivity index (χ1v) is 13.6. The third-order valence-corrected chi connectivity index (χ3v) is 7.15. The van der Waals surface area contributed by atoms with Crippen LogP contribution in [0.2, 0.25) is 0 Å². The lowest BCUT2D eigenvalue weighted by Crippen LogP contribution is -2.40. The van der Waals surface area contributed by atoms with Gasteiger partial charge in [-0.15, -0.1) is 0 Å². The molecule has 1 aromatic carbocycles. The summed E-state index contributed by atoms with van der Waals surface area (Å²) in [6.45, 7) is 7.61. The molecule has 1 aliphatic carbocycles. The van der Waals surface area contributed by atoms with Crippen LogP contribution >= 0.6 is 0 Å². The molecule has 4 aromatic rings. The number of alkyl carbamates (subject to hydrolysis) is 1. The van der Waals surface area contributed by atoms with Crippen LogP contribution in [0.4, 0.5) is 22.2 Å². The topological polar surface area (TPSA) is 115 Å². The van der Waals surface area contributed by atoms with Crippen LogP contribution in [0.15, 0.2) is 49.1 Å². The fraction of sp³-hybridized carbons (Fsp3) is 0.464. The number of nitrogens with one attached hydrogen (secondary N) is 2. The molecule has 39 heavy (non-hydrogen) atoms. The van der Waals surface area contributed by atoms with E-state index in [4.69, 9.17) is 19.7 Å². The number of benzene rings is 1. The highest BCUT2D eigenvalue weighted by atomic mass is 16.6. The van der Waals surface area contributed by atoms with Gasteiger partial charge in [-0.2, -0.15) is 15.1 Å². The van der Waals surface area contributed by atoms with Crippen molar-refractivity contribution in [1.82, 2.24) is 34.6 Å². The fourth-order valence-corrected chi connectivity index (χ4v) is 5.02. The number of imidazole rings is 1. The highest BCUT2D eigenvalue weighted by molar-refractivity contribution is 5.86. The monoisotopic (exact) mass is 529 g/mol. The van der Waals surface area contributed by atoms with E-state index >= 15 is 0 Å².